The van der Waals surface area contributed by atoms with Gasteiger partial charge in [0.15, 0.2) is 5.65 Å². The molecule has 0 radical (unpaired) electrons. The fraction of sp³-hybridized carbons (Fsp3) is 0.125. The first-order valence-corrected chi connectivity index (χ1v) is 3.72. The van der Waals surface area contributed by atoms with Crippen molar-refractivity contribution in [2.24, 2.45) is 0 Å². The van der Waals surface area contributed by atoms with E-state index in [0.29, 0.717) is 5.65 Å². The highest BCUT2D eigenvalue weighted by molar-refractivity contribution is 5.93. The summed E-state index contributed by atoms with van der Waals surface area (Å²) in [5.74, 6) is -1.01. The van der Waals surface area contributed by atoms with Crippen molar-refractivity contribution in [1.29, 1.82) is 0 Å². The highest BCUT2D eigenvalue weighted by atomic mass is 35.5. The van der Waals surface area contributed by atoms with E-state index in [1.54, 1.807) is 12.4 Å². The third-order valence-corrected chi connectivity index (χ3v) is 1.72. The van der Waals surface area contributed by atoms with Gasteiger partial charge in [0.2, 0.25) is 0 Å². The van der Waals surface area contributed by atoms with Crippen LogP contribution in [0.4, 0.5) is 0 Å². The summed E-state index contributed by atoms with van der Waals surface area (Å²) in [5.41, 5.74) is 1.44. The van der Waals surface area contributed by atoms with E-state index in [1.807, 2.05) is 6.92 Å². The summed E-state index contributed by atoms with van der Waals surface area (Å²) >= 11 is 0. The molecule has 2 aromatic rings. The molecule has 2 rings (SSSR count). The van der Waals surface area contributed by atoms with Gasteiger partial charge in [-0.05, 0) is 12.5 Å². The second-order valence-corrected chi connectivity index (χ2v) is 2.76. The summed E-state index contributed by atoms with van der Waals surface area (Å²) in [6.45, 7) is 1.87. The van der Waals surface area contributed by atoms with Crippen molar-refractivity contribution in [1.82, 2.24) is 14.6 Å². The minimum atomic E-state index is -1.01. The zero-order chi connectivity index (χ0) is 9.42. The maximum Gasteiger partial charge on any atom is 0.341 e. The predicted octanol–water partition coefficient (Wildman–Crippen LogP) is 1.16. The lowest BCUT2D eigenvalue weighted by Crippen LogP contribution is -1.97. The van der Waals surface area contributed by atoms with E-state index in [-0.39, 0.29) is 18.0 Å². The van der Waals surface area contributed by atoms with Gasteiger partial charge in [-0.1, -0.05) is 0 Å². The van der Waals surface area contributed by atoms with Gasteiger partial charge in [0.05, 0.1) is 6.20 Å². The number of aryl methyl sites for hydroxylation is 1. The molecule has 0 spiro atoms. The SMILES string of the molecule is Cc1cnc2c(C(=O)O)cnn2c1.Cl. The zero-order valence-electron chi connectivity index (χ0n) is 7.34. The van der Waals surface area contributed by atoms with Crippen molar-refractivity contribution in [2.75, 3.05) is 0 Å². The molecule has 0 bridgehead atoms. The summed E-state index contributed by atoms with van der Waals surface area (Å²) in [4.78, 5) is 14.6. The van der Waals surface area contributed by atoms with Crippen LogP contribution in [0.2, 0.25) is 0 Å². The van der Waals surface area contributed by atoms with E-state index in [0.717, 1.165) is 5.56 Å². The number of carboxylic acid groups (broad SMARTS) is 1. The summed E-state index contributed by atoms with van der Waals surface area (Å²) in [6.07, 6.45) is 4.64. The summed E-state index contributed by atoms with van der Waals surface area (Å²) in [7, 11) is 0. The van der Waals surface area contributed by atoms with Gasteiger partial charge in [-0.15, -0.1) is 12.4 Å². The number of halogens is 1. The van der Waals surface area contributed by atoms with Gasteiger partial charge in [0, 0.05) is 12.4 Å². The number of carboxylic acids is 1. The molecule has 0 unspecified atom stereocenters. The maximum absolute atomic E-state index is 10.7. The first kappa shape index (κ1) is 10.5. The molecule has 0 fully saturated rings. The molecule has 0 amide bonds. The molecule has 74 valence electrons. The average molecular weight is 214 g/mol. The van der Waals surface area contributed by atoms with Crippen LogP contribution in [-0.4, -0.2) is 25.7 Å². The van der Waals surface area contributed by atoms with Crippen molar-refractivity contribution >= 4 is 24.0 Å². The molecule has 5 nitrogen and oxygen atoms in total. The Hall–Kier alpha value is -1.62. The van der Waals surface area contributed by atoms with E-state index in [9.17, 15) is 4.79 Å². The van der Waals surface area contributed by atoms with Gasteiger partial charge in [-0.2, -0.15) is 5.10 Å². The molecule has 0 atom stereocenters. The number of hydrogen-bond acceptors (Lipinski definition) is 3. The second kappa shape index (κ2) is 3.63. The van der Waals surface area contributed by atoms with E-state index >= 15 is 0 Å². The minimum absolute atomic E-state index is 0. The van der Waals surface area contributed by atoms with Crippen molar-refractivity contribution in [3.05, 3.63) is 29.7 Å². The van der Waals surface area contributed by atoms with Crippen LogP contribution >= 0.6 is 12.4 Å². The smallest absolute Gasteiger partial charge is 0.341 e. The van der Waals surface area contributed by atoms with Crippen LogP contribution in [0.3, 0.4) is 0 Å². The molecule has 0 saturated heterocycles. The Balaban J connectivity index is 0.000000980. The molecular formula is C8H8ClN3O2. The summed E-state index contributed by atoms with van der Waals surface area (Å²) < 4.78 is 1.46. The van der Waals surface area contributed by atoms with Crippen LogP contribution in [0.15, 0.2) is 18.6 Å². The maximum atomic E-state index is 10.7. The van der Waals surface area contributed by atoms with E-state index in [1.165, 1.54) is 10.7 Å². The van der Waals surface area contributed by atoms with Crippen molar-refractivity contribution in [3.8, 4) is 0 Å². The monoisotopic (exact) mass is 213 g/mol. The van der Waals surface area contributed by atoms with Crippen LogP contribution < -0.4 is 0 Å². The summed E-state index contributed by atoms with van der Waals surface area (Å²) in [5, 5.41) is 12.6. The van der Waals surface area contributed by atoms with Gasteiger partial charge in [-0.3, -0.25) is 0 Å². The van der Waals surface area contributed by atoms with Crippen LogP contribution in [0, 0.1) is 6.92 Å². The topological polar surface area (TPSA) is 67.5 Å². The Bertz CT molecular complexity index is 480. The first-order chi connectivity index (χ1) is 6.18. The molecule has 0 aliphatic carbocycles. The van der Waals surface area contributed by atoms with E-state index in [2.05, 4.69) is 10.1 Å². The average Bonchev–Trinajstić information content (AvgIpc) is 2.46. The number of fused-ring (bicyclic) bond motifs is 1. The summed E-state index contributed by atoms with van der Waals surface area (Å²) in [6, 6.07) is 0. The van der Waals surface area contributed by atoms with E-state index < -0.39 is 5.97 Å². The molecule has 2 aromatic heterocycles. The molecule has 2 heterocycles. The molecule has 6 heteroatoms. The minimum Gasteiger partial charge on any atom is -0.477 e. The Morgan fingerprint density at radius 2 is 2.21 bits per heavy atom. The molecule has 0 aromatic carbocycles. The second-order valence-electron chi connectivity index (χ2n) is 2.76. The Morgan fingerprint density at radius 1 is 1.50 bits per heavy atom. The highest BCUT2D eigenvalue weighted by Gasteiger charge is 2.11. The molecule has 1 N–H and O–H groups in total. The molecule has 0 saturated carbocycles. The first-order valence-electron chi connectivity index (χ1n) is 3.72. The Kier molecular flexibility index (Phi) is 2.71. The van der Waals surface area contributed by atoms with Gasteiger partial charge >= 0.3 is 5.97 Å². The van der Waals surface area contributed by atoms with Crippen molar-refractivity contribution < 1.29 is 9.90 Å². The third-order valence-electron chi connectivity index (χ3n) is 1.72. The highest BCUT2D eigenvalue weighted by Crippen LogP contribution is 2.07. The van der Waals surface area contributed by atoms with Gasteiger partial charge in [0.1, 0.15) is 5.56 Å². The zero-order valence-corrected chi connectivity index (χ0v) is 8.15. The predicted molar refractivity (Wildman–Crippen MR) is 51.9 cm³/mol. The quantitative estimate of drug-likeness (QED) is 0.772. The fourth-order valence-electron chi connectivity index (χ4n) is 1.12. The lowest BCUT2D eigenvalue weighted by atomic mass is 10.3. The van der Waals surface area contributed by atoms with Gasteiger partial charge < -0.3 is 5.11 Å². The number of rotatable bonds is 1. The standard InChI is InChI=1S/C8H7N3O2.ClH/c1-5-2-9-7-6(8(12)13)3-10-11(7)4-5;/h2-4H,1H3,(H,12,13);1H. The van der Waals surface area contributed by atoms with Crippen LogP contribution in [0.1, 0.15) is 15.9 Å². The van der Waals surface area contributed by atoms with Crippen LogP contribution in [0.5, 0.6) is 0 Å². The van der Waals surface area contributed by atoms with Crippen LogP contribution in [-0.2, 0) is 0 Å². The molecule has 0 aliphatic rings. The fourth-order valence-corrected chi connectivity index (χ4v) is 1.12. The van der Waals surface area contributed by atoms with Gasteiger partial charge in [-0.25, -0.2) is 14.3 Å². The Morgan fingerprint density at radius 3 is 2.86 bits per heavy atom. The number of aromatic carboxylic acids is 1. The number of aromatic nitrogens is 3. The third kappa shape index (κ3) is 1.54. The normalized spacial score (nSPS) is 9.79. The lowest BCUT2D eigenvalue weighted by Gasteiger charge is -1.94. The number of nitrogens with zero attached hydrogens (tertiary/aromatic N) is 3. The molecular weight excluding hydrogens is 206 g/mol. The van der Waals surface area contributed by atoms with Crippen LogP contribution in [0.25, 0.3) is 5.65 Å². The molecule has 0 aliphatic heterocycles. The lowest BCUT2D eigenvalue weighted by molar-refractivity contribution is 0.0699. The Labute approximate surface area is 85.8 Å². The van der Waals surface area contributed by atoms with Gasteiger partial charge in [0.25, 0.3) is 0 Å². The number of hydrogen-bond donors (Lipinski definition) is 1. The van der Waals surface area contributed by atoms with E-state index in [4.69, 9.17) is 5.11 Å². The molecule has 14 heavy (non-hydrogen) atoms. The van der Waals surface area contributed by atoms with Crippen molar-refractivity contribution in [2.45, 2.75) is 6.92 Å². The number of carbonyl (C=O) groups is 1. The largest absolute Gasteiger partial charge is 0.477 e. The van der Waals surface area contributed by atoms with Crippen molar-refractivity contribution in [3.63, 3.8) is 0 Å².